The zero-order chi connectivity index (χ0) is 13.8. The van der Waals surface area contributed by atoms with Gasteiger partial charge in [-0.05, 0) is 37.1 Å². The molecule has 0 aliphatic heterocycles. The summed E-state index contributed by atoms with van der Waals surface area (Å²) >= 11 is 5.14. The Labute approximate surface area is 125 Å². The number of methoxy groups -OCH3 is 1. The van der Waals surface area contributed by atoms with Crippen molar-refractivity contribution in [1.82, 2.24) is 4.98 Å². The molecule has 1 unspecified atom stereocenters. The molecule has 1 atom stereocenters. The van der Waals surface area contributed by atoms with Crippen LogP contribution in [0.15, 0.2) is 28.1 Å². The third kappa shape index (κ3) is 4.03. The van der Waals surface area contributed by atoms with Gasteiger partial charge in [0, 0.05) is 22.3 Å². The van der Waals surface area contributed by atoms with E-state index < -0.39 is 0 Å². The Hall–Kier alpha value is -0.910. The molecular weight excluding hydrogens is 324 g/mol. The topological polar surface area (TPSA) is 48.1 Å². The number of halogens is 1. The number of hydrogen-bond acceptors (Lipinski definition) is 4. The maximum atomic E-state index is 6.21. The van der Waals surface area contributed by atoms with Crippen LogP contribution in [0.4, 0.5) is 0 Å². The van der Waals surface area contributed by atoms with Gasteiger partial charge in [0.2, 0.25) is 0 Å². The molecule has 0 saturated heterocycles. The van der Waals surface area contributed by atoms with Crippen LogP contribution in [0.2, 0.25) is 0 Å². The third-order valence-electron chi connectivity index (χ3n) is 2.86. The van der Waals surface area contributed by atoms with Gasteiger partial charge < -0.3 is 10.5 Å². The number of nitrogens with zero attached hydrogens (tertiary/aromatic N) is 1. The maximum absolute atomic E-state index is 6.21. The van der Waals surface area contributed by atoms with Crippen LogP contribution < -0.4 is 10.5 Å². The third-order valence-corrected chi connectivity index (χ3v) is 4.18. The van der Waals surface area contributed by atoms with Gasteiger partial charge in [0.15, 0.2) is 0 Å². The molecular formula is C14H17BrN2OS. The highest BCUT2D eigenvalue weighted by atomic mass is 79.9. The second-order valence-electron chi connectivity index (χ2n) is 4.48. The Morgan fingerprint density at radius 3 is 2.84 bits per heavy atom. The van der Waals surface area contributed by atoms with Gasteiger partial charge in [-0.15, -0.1) is 11.3 Å². The average molecular weight is 341 g/mol. The van der Waals surface area contributed by atoms with Crippen LogP contribution >= 0.6 is 27.3 Å². The lowest BCUT2D eigenvalue weighted by molar-refractivity contribution is 0.407. The minimum Gasteiger partial charge on any atom is -0.496 e. The fraction of sp³-hybridized carbons (Fsp3) is 0.357. The van der Waals surface area contributed by atoms with E-state index in [0.29, 0.717) is 0 Å². The van der Waals surface area contributed by atoms with E-state index in [-0.39, 0.29) is 6.04 Å². The first-order chi connectivity index (χ1) is 9.08. The molecule has 0 spiro atoms. The van der Waals surface area contributed by atoms with Crippen LogP contribution in [0.3, 0.4) is 0 Å². The van der Waals surface area contributed by atoms with Crippen LogP contribution in [0.1, 0.15) is 16.3 Å². The van der Waals surface area contributed by atoms with Gasteiger partial charge in [-0.25, -0.2) is 4.98 Å². The number of aryl methyl sites for hydroxylation is 1. The molecule has 102 valence electrons. The molecule has 0 saturated carbocycles. The maximum Gasteiger partial charge on any atom is 0.122 e. The van der Waals surface area contributed by atoms with Crippen molar-refractivity contribution in [2.24, 2.45) is 5.73 Å². The number of thiazole rings is 1. The van der Waals surface area contributed by atoms with Crippen LogP contribution in [-0.2, 0) is 12.8 Å². The number of aromatic nitrogens is 1. The predicted molar refractivity (Wildman–Crippen MR) is 82.9 cm³/mol. The fourth-order valence-corrected chi connectivity index (χ4v) is 3.07. The number of hydrogen-bond donors (Lipinski definition) is 1. The zero-order valence-electron chi connectivity index (χ0n) is 11.0. The van der Waals surface area contributed by atoms with E-state index in [1.165, 1.54) is 0 Å². The molecule has 2 N–H and O–H groups in total. The van der Waals surface area contributed by atoms with Crippen molar-refractivity contribution in [3.63, 3.8) is 0 Å². The Kier molecular flexibility index (Phi) is 4.96. The summed E-state index contributed by atoms with van der Waals surface area (Å²) in [5, 5.41) is 3.16. The minimum absolute atomic E-state index is 0.0460. The van der Waals surface area contributed by atoms with E-state index in [2.05, 4.69) is 32.4 Å². The van der Waals surface area contributed by atoms with Crippen molar-refractivity contribution in [2.75, 3.05) is 7.11 Å². The molecule has 19 heavy (non-hydrogen) atoms. The summed E-state index contributed by atoms with van der Waals surface area (Å²) in [5.41, 5.74) is 8.41. The van der Waals surface area contributed by atoms with E-state index in [4.69, 9.17) is 10.5 Å². The predicted octanol–water partition coefficient (Wildman–Crippen LogP) is 3.34. The zero-order valence-corrected chi connectivity index (χ0v) is 13.4. The van der Waals surface area contributed by atoms with Gasteiger partial charge in [0.25, 0.3) is 0 Å². The van der Waals surface area contributed by atoms with Crippen LogP contribution in [0.5, 0.6) is 5.75 Å². The molecule has 0 aliphatic rings. The van der Waals surface area contributed by atoms with Gasteiger partial charge in [0.05, 0.1) is 17.8 Å². The molecule has 3 nitrogen and oxygen atoms in total. The van der Waals surface area contributed by atoms with Crippen molar-refractivity contribution >= 4 is 27.3 Å². The molecule has 5 heteroatoms. The van der Waals surface area contributed by atoms with Gasteiger partial charge in [-0.3, -0.25) is 0 Å². The molecule has 0 radical (unpaired) electrons. The van der Waals surface area contributed by atoms with Crippen LogP contribution in [-0.4, -0.2) is 18.1 Å². The number of nitrogens with two attached hydrogens (primary N) is 1. The van der Waals surface area contributed by atoms with Gasteiger partial charge >= 0.3 is 0 Å². The standard InChI is InChI=1S/C14H17BrN2OS/c1-9-17-13(8-19-9)7-12(16)6-10-5-11(15)3-4-14(10)18-2/h3-5,8,12H,6-7,16H2,1-2H3. The molecule has 1 aromatic carbocycles. The molecule has 2 aromatic rings. The van der Waals surface area contributed by atoms with Crippen molar-refractivity contribution in [1.29, 1.82) is 0 Å². The van der Waals surface area contributed by atoms with Crippen molar-refractivity contribution in [2.45, 2.75) is 25.8 Å². The Bertz CT molecular complexity index is 556. The smallest absolute Gasteiger partial charge is 0.122 e. The second-order valence-corrected chi connectivity index (χ2v) is 6.46. The highest BCUT2D eigenvalue weighted by Gasteiger charge is 2.11. The summed E-state index contributed by atoms with van der Waals surface area (Å²) < 4.78 is 6.41. The van der Waals surface area contributed by atoms with E-state index in [1.807, 2.05) is 19.1 Å². The Morgan fingerprint density at radius 2 is 2.21 bits per heavy atom. The number of rotatable bonds is 5. The van der Waals surface area contributed by atoms with E-state index in [1.54, 1.807) is 18.4 Å². The molecule has 0 amide bonds. The lowest BCUT2D eigenvalue weighted by Crippen LogP contribution is -2.26. The first kappa shape index (κ1) is 14.5. The molecule has 0 fully saturated rings. The van der Waals surface area contributed by atoms with Crippen molar-refractivity contribution in [3.05, 3.63) is 44.3 Å². The average Bonchev–Trinajstić information content (AvgIpc) is 2.75. The number of ether oxygens (including phenoxy) is 1. The van der Waals surface area contributed by atoms with Gasteiger partial charge in [-0.1, -0.05) is 15.9 Å². The largest absolute Gasteiger partial charge is 0.496 e. The van der Waals surface area contributed by atoms with Gasteiger partial charge in [0.1, 0.15) is 5.75 Å². The number of benzene rings is 1. The SMILES string of the molecule is COc1ccc(Br)cc1CC(N)Cc1csc(C)n1. The van der Waals surface area contributed by atoms with E-state index in [9.17, 15) is 0 Å². The second kappa shape index (κ2) is 6.50. The monoisotopic (exact) mass is 340 g/mol. The first-order valence-electron chi connectivity index (χ1n) is 6.07. The highest BCUT2D eigenvalue weighted by molar-refractivity contribution is 9.10. The van der Waals surface area contributed by atoms with E-state index in [0.717, 1.165) is 39.3 Å². The Morgan fingerprint density at radius 1 is 1.42 bits per heavy atom. The van der Waals surface area contributed by atoms with Crippen molar-refractivity contribution < 1.29 is 4.74 Å². The highest BCUT2D eigenvalue weighted by Crippen LogP contribution is 2.24. The summed E-state index contributed by atoms with van der Waals surface area (Å²) in [6.45, 7) is 2.01. The van der Waals surface area contributed by atoms with Gasteiger partial charge in [-0.2, -0.15) is 0 Å². The normalized spacial score (nSPS) is 12.4. The quantitative estimate of drug-likeness (QED) is 0.907. The van der Waals surface area contributed by atoms with Crippen LogP contribution in [0.25, 0.3) is 0 Å². The minimum atomic E-state index is 0.0460. The summed E-state index contributed by atoms with van der Waals surface area (Å²) in [7, 11) is 1.68. The fourth-order valence-electron chi connectivity index (χ4n) is 2.03. The summed E-state index contributed by atoms with van der Waals surface area (Å²) in [5.74, 6) is 0.883. The lowest BCUT2D eigenvalue weighted by atomic mass is 10.0. The molecule has 1 aromatic heterocycles. The van der Waals surface area contributed by atoms with E-state index >= 15 is 0 Å². The summed E-state index contributed by atoms with van der Waals surface area (Å²) in [6, 6.07) is 6.03. The molecule has 0 bridgehead atoms. The Balaban J connectivity index is 2.05. The molecule has 1 heterocycles. The molecule has 2 rings (SSSR count). The lowest BCUT2D eigenvalue weighted by Gasteiger charge is -2.13. The van der Waals surface area contributed by atoms with Crippen LogP contribution in [0, 0.1) is 6.92 Å². The first-order valence-corrected chi connectivity index (χ1v) is 7.74. The summed E-state index contributed by atoms with van der Waals surface area (Å²) in [6.07, 6.45) is 1.57. The van der Waals surface area contributed by atoms with Crippen molar-refractivity contribution in [3.8, 4) is 5.75 Å². The molecule has 0 aliphatic carbocycles. The summed E-state index contributed by atoms with van der Waals surface area (Å²) in [4.78, 5) is 4.45.